The lowest BCUT2D eigenvalue weighted by Gasteiger charge is -2.10. The number of rotatable bonds is 6. The van der Waals surface area contributed by atoms with Gasteiger partial charge in [0.05, 0.1) is 4.47 Å². The monoisotopic (exact) mass is 365 g/mol. The van der Waals surface area contributed by atoms with E-state index in [2.05, 4.69) is 27.8 Å². The quantitative estimate of drug-likeness (QED) is 0.673. The van der Waals surface area contributed by atoms with Crippen LogP contribution in [-0.4, -0.2) is 6.61 Å². The van der Waals surface area contributed by atoms with Crippen LogP contribution in [0.15, 0.2) is 53.5 Å². The Kier molecular flexibility index (Phi) is 5.71. The topological polar surface area (TPSA) is 21.3 Å². The lowest BCUT2D eigenvalue weighted by Crippen LogP contribution is -2.00. The molecular formula is C17H17BrClNO. The van der Waals surface area contributed by atoms with Gasteiger partial charge in [0.15, 0.2) is 0 Å². The summed E-state index contributed by atoms with van der Waals surface area (Å²) in [5.74, 6) is 0.817. The molecule has 0 saturated heterocycles. The van der Waals surface area contributed by atoms with Crippen LogP contribution in [-0.2, 0) is 6.54 Å². The van der Waals surface area contributed by atoms with Gasteiger partial charge in [-0.2, -0.15) is 0 Å². The van der Waals surface area contributed by atoms with Crippen LogP contribution in [0.5, 0.6) is 5.75 Å². The maximum Gasteiger partial charge on any atom is 0.133 e. The Morgan fingerprint density at radius 1 is 1.29 bits per heavy atom. The van der Waals surface area contributed by atoms with Crippen LogP contribution >= 0.6 is 27.5 Å². The molecular weight excluding hydrogens is 350 g/mol. The van der Waals surface area contributed by atoms with Crippen molar-refractivity contribution in [2.24, 2.45) is 0 Å². The summed E-state index contributed by atoms with van der Waals surface area (Å²) >= 11 is 9.63. The Labute approximate surface area is 138 Å². The molecule has 0 heterocycles. The molecule has 0 amide bonds. The molecule has 0 spiro atoms. The number of nitrogens with one attached hydrogen (secondary N) is 1. The van der Waals surface area contributed by atoms with Gasteiger partial charge < -0.3 is 10.1 Å². The fraction of sp³-hybridized carbons (Fsp3) is 0.176. The van der Waals surface area contributed by atoms with Gasteiger partial charge in [-0.15, -0.1) is 0 Å². The second-order valence-electron chi connectivity index (χ2n) is 4.68. The summed E-state index contributed by atoms with van der Waals surface area (Å²) in [6.45, 7) is 6.85. The molecule has 21 heavy (non-hydrogen) atoms. The predicted octanol–water partition coefficient (Wildman–Crippen LogP) is 5.59. The highest BCUT2D eigenvalue weighted by atomic mass is 79.9. The van der Waals surface area contributed by atoms with E-state index in [0.29, 0.717) is 6.61 Å². The average Bonchev–Trinajstić information content (AvgIpc) is 2.47. The minimum Gasteiger partial charge on any atom is -0.488 e. The first kappa shape index (κ1) is 15.9. The van der Waals surface area contributed by atoms with Crippen molar-refractivity contribution in [2.45, 2.75) is 13.5 Å². The molecule has 110 valence electrons. The first-order valence-corrected chi connectivity index (χ1v) is 7.79. The SMILES string of the molecule is C=CCOc1ccc(CNc2ccc(C)c(Cl)c2)cc1Br. The highest BCUT2D eigenvalue weighted by Crippen LogP contribution is 2.27. The lowest BCUT2D eigenvalue weighted by molar-refractivity contribution is 0.361. The van der Waals surface area contributed by atoms with Crippen LogP contribution < -0.4 is 10.1 Å². The van der Waals surface area contributed by atoms with Crippen LogP contribution in [0.25, 0.3) is 0 Å². The molecule has 0 aromatic heterocycles. The van der Waals surface area contributed by atoms with Gasteiger partial charge in [-0.3, -0.25) is 0 Å². The Morgan fingerprint density at radius 2 is 2.10 bits per heavy atom. The molecule has 0 atom stereocenters. The third-order valence-corrected chi connectivity index (χ3v) is 4.05. The fourth-order valence-corrected chi connectivity index (χ4v) is 2.55. The van der Waals surface area contributed by atoms with Gasteiger partial charge in [0.25, 0.3) is 0 Å². The third kappa shape index (κ3) is 4.51. The Balaban J connectivity index is 2.01. The second-order valence-corrected chi connectivity index (χ2v) is 5.94. The van der Waals surface area contributed by atoms with Crippen molar-refractivity contribution in [2.75, 3.05) is 11.9 Å². The summed E-state index contributed by atoms with van der Waals surface area (Å²) in [5, 5.41) is 4.13. The number of halogens is 2. The average molecular weight is 367 g/mol. The summed E-state index contributed by atoms with van der Waals surface area (Å²) in [5.41, 5.74) is 3.24. The van der Waals surface area contributed by atoms with Crippen LogP contribution in [0, 0.1) is 6.92 Å². The van der Waals surface area contributed by atoms with E-state index in [0.717, 1.165) is 38.6 Å². The molecule has 0 fully saturated rings. The van der Waals surface area contributed by atoms with Crippen molar-refractivity contribution in [3.63, 3.8) is 0 Å². The lowest BCUT2D eigenvalue weighted by atomic mass is 10.2. The molecule has 0 saturated carbocycles. The molecule has 4 heteroatoms. The number of aryl methyl sites for hydroxylation is 1. The standard InChI is InChI=1S/C17H17BrClNO/c1-3-8-21-17-7-5-13(9-15(17)18)11-20-14-6-4-12(2)16(19)10-14/h3-7,9-10,20H,1,8,11H2,2H3. The summed E-state index contributed by atoms with van der Waals surface area (Å²) in [7, 11) is 0. The Morgan fingerprint density at radius 3 is 2.76 bits per heavy atom. The fourth-order valence-electron chi connectivity index (χ4n) is 1.83. The van der Waals surface area contributed by atoms with E-state index in [1.54, 1.807) is 6.08 Å². The molecule has 0 bridgehead atoms. The van der Waals surface area contributed by atoms with Crippen LogP contribution in [0.2, 0.25) is 5.02 Å². The van der Waals surface area contributed by atoms with Crippen LogP contribution in [0.3, 0.4) is 0 Å². The van der Waals surface area contributed by atoms with Gasteiger partial charge in [0.1, 0.15) is 12.4 Å². The van der Waals surface area contributed by atoms with Crippen LogP contribution in [0.1, 0.15) is 11.1 Å². The minimum atomic E-state index is 0.498. The van der Waals surface area contributed by atoms with E-state index in [1.165, 1.54) is 0 Å². The van der Waals surface area contributed by atoms with Crippen molar-refractivity contribution < 1.29 is 4.74 Å². The largest absolute Gasteiger partial charge is 0.488 e. The first-order chi connectivity index (χ1) is 10.1. The molecule has 0 radical (unpaired) electrons. The first-order valence-electron chi connectivity index (χ1n) is 6.62. The normalized spacial score (nSPS) is 10.2. The summed E-state index contributed by atoms with van der Waals surface area (Å²) in [6, 6.07) is 12.0. The Bertz CT molecular complexity index is 643. The molecule has 1 N–H and O–H groups in total. The van der Waals surface area contributed by atoms with E-state index in [-0.39, 0.29) is 0 Å². The third-order valence-electron chi connectivity index (χ3n) is 3.02. The maximum atomic E-state index is 6.12. The Hall–Kier alpha value is -1.45. The smallest absolute Gasteiger partial charge is 0.133 e. The molecule has 0 aliphatic heterocycles. The highest BCUT2D eigenvalue weighted by Gasteiger charge is 2.03. The molecule has 0 aliphatic rings. The van der Waals surface area contributed by atoms with E-state index in [9.17, 15) is 0 Å². The van der Waals surface area contributed by atoms with Crippen LogP contribution in [0.4, 0.5) is 5.69 Å². The van der Waals surface area contributed by atoms with Gasteiger partial charge in [0.2, 0.25) is 0 Å². The number of anilines is 1. The molecule has 0 aliphatic carbocycles. The van der Waals surface area contributed by atoms with Gasteiger partial charge in [-0.05, 0) is 58.2 Å². The van der Waals surface area contributed by atoms with E-state index >= 15 is 0 Å². The summed E-state index contributed by atoms with van der Waals surface area (Å²) < 4.78 is 6.47. The number of benzene rings is 2. The van der Waals surface area contributed by atoms with Crippen molar-refractivity contribution in [1.82, 2.24) is 0 Å². The number of ether oxygens (including phenoxy) is 1. The number of hydrogen-bond acceptors (Lipinski definition) is 2. The zero-order valence-electron chi connectivity index (χ0n) is 11.8. The predicted molar refractivity (Wildman–Crippen MR) is 93.3 cm³/mol. The molecule has 2 rings (SSSR count). The zero-order chi connectivity index (χ0) is 15.2. The number of hydrogen-bond donors (Lipinski definition) is 1. The molecule has 0 unspecified atom stereocenters. The van der Waals surface area contributed by atoms with Crippen molar-refractivity contribution in [1.29, 1.82) is 0 Å². The second kappa shape index (κ2) is 7.53. The van der Waals surface area contributed by atoms with Crippen molar-refractivity contribution >= 4 is 33.2 Å². The maximum absolute atomic E-state index is 6.12. The van der Waals surface area contributed by atoms with Crippen molar-refractivity contribution in [3.05, 3.63) is 69.7 Å². The van der Waals surface area contributed by atoms with E-state index < -0.39 is 0 Å². The van der Waals surface area contributed by atoms with E-state index in [1.807, 2.05) is 43.3 Å². The van der Waals surface area contributed by atoms with Gasteiger partial charge >= 0.3 is 0 Å². The zero-order valence-corrected chi connectivity index (χ0v) is 14.2. The van der Waals surface area contributed by atoms with E-state index in [4.69, 9.17) is 16.3 Å². The minimum absolute atomic E-state index is 0.498. The molecule has 2 aromatic rings. The van der Waals surface area contributed by atoms with Gasteiger partial charge in [0, 0.05) is 17.3 Å². The summed E-state index contributed by atoms with van der Waals surface area (Å²) in [4.78, 5) is 0. The summed E-state index contributed by atoms with van der Waals surface area (Å²) in [6.07, 6.45) is 1.73. The van der Waals surface area contributed by atoms with Crippen molar-refractivity contribution in [3.8, 4) is 5.75 Å². The van der Waals surface area contributed by atoms with Gasteiger partial charge in [-0.1, -0.05) is 36.4 Å². The molecule has 2 nitrogen and oxygen atoms in total. The highest BCUT2D eigenvalue weighted by molar-refractivity contribution is 9.10. The molecule has 2 aromatic carbocycles. The van der Waals surface area contributed by atoms with Gasteiger partial charge in [-0.25, -0.2) is 0 Å².